The van der Waals surface area contributed by atoms with E-state index in [-0.39, 0.29) is 36.7 Å². The van der Waals surface area contributed by atoms with Crippen LogP contribution in [0.1, 0.15) is 48.0 Å². The van der Waals surface area contributed by atoms with Gasteiger partial charge in [0.15, 0.2) is 5.12 Å². The van der Waals surface area contributed by atoms with E-state index < -0.39 is 37.6 Å². The van der Waals surface area contributed by atoms with Crippen LogP contribution >= 0.6 is 31.9 Å². The van der Waals surface area contributed by atoms with Crippen molar-refractivity contribution in [1.82, 2.24) is 9.99 Å². The first-order valence-electron chi connectivity index (χ1n) is 11.7. The van der Waals surface area contributed by atoms with Crippen LogP contribution in [0.5, 0.6) is 0 Å². The summed E-state index contributed by atoms with van der Waals surface area (Å²) in [7, 11) is 1.28. The Morgan fingerprint density at radius 3 is 2.41 bits per heavy atom. The number of esters is 1. The lowest BCUT2D eigenvalue weighted by Crippen LogP contribution is -2.35. The molecular formula is C23H42ClN4O7PS. The SMILES string of the molecule is CN=C(N)/C=C\N(C=O)C(Cl)CC(COP(NC(C)C(=O)OC(C)C)OCCSC(=O)C(C)(C)C)OC. The van der Waals surface area contributed by atoms with Crippen LogP contribution in [0.4, 0.5) is 0 Å². The van der Waals surface area contributed by atoms with Gasteiger partial charge in [0.1, 0.15) is 17.4 Å². The van der Waals surface area contributed by atoms with Crippen molar-refractivity contribution in [2.75, 3.05) is 33.1 Å². The van der Waals surface area contributed by atoms with E-state index in [1.54, 1.807) is 20.8 Å². The Labute approximate surface area is 231 Å². The van der Waals surface area contributed by atoms with E-state index in [9.17, 15) is 14.4 Å². The molecule has 3 N–H and O–H groups in total. The number of rotatable bonds is 18. The van der Waals surface area contributed by atoms with Gasteiger partial charge < -0.3 is 29.2 Å². The van der Waals surface area contributed by atoms with Crippen molar-refractivity contribution < 1.29 is 32.9 Å². The van der Waals surface area contributed by atoms with Gasteiger partial charge in [0.05, 0.1) is 25.4 Å². The number of amidine groups is 1. The summed E-state index contributed by atoms with van der Waals surface area (Å²) in [6.45, 7) is 11.0. The fourth-order valence-electron chi connectivity index (χ4n) is 2.28. The molecule has 4 unspecified atom stereocenters. The molecule has 0 aromatic heterocycles. The first-order chi connectivity index (χ1) is 17.2. The molecule has 0 aliphatic heterocycles. The van der Waals surface area contributed by atoms with E-state index in [2.05, 4.69) is 10.1 Å². The second-order valence-corrected chi connectivity index (χ2v) is 12.0. The standard InChI is InChI=1S/C23H42ClN4O7PS/c1-16(2)35-21(30)17(3)27-36(33-11-12-37-22(31)23(4,5)6)34-14-18(32-8)13-19(24)28(15-29)10-9-20(25)26-7/h9-10,15-19,27H,11-14H2,1-8H3,(H2,25,26)/b10-9-. The summed E-state index contributed by atoms with van der Waals surface area (Å²) in [5, 5.41) is 3.06. The molecule has 0 saturated heterocycles. The fourth-order valence-corrected chi connectivity index (χ4v) is 4.70. The predicted molar refractivity (Wildman–Crippen MR) is 149 cm³/mol. The zero-order valence-corrected chi connectivity index (χ0v) is 25.4. The first kappa shape index (κ1) is 35.7. The highest BCUT2D eigenvalue weighted by atomic mass is 35.5. The summed E-state index contributed by atoms with van der Waals surface area (Å²) in [5.74, 6) is 0.218. The molecule has 0 saturated carbocycles. The Kier molecular flexibility index (Phi) is 18.2. The average molecular weight is 585 g/mol. The number of alkyl halides is 1. The van der Waals surface area contributed by atoms with E-state index in [0.29, 0.717) is 12.2 Å². The largest absolute Gasteiger partial charge is 0.462 e. The molecule has 0 radical (unpaired) electrons. The maximum Gasteiger partial charge on any atom is 0.323 e. The Balaban J connectivity index is 5.14. The van der Waals surface area contributed by atoms with Gasteiger partial charge in [-0.1, -0.05) is 44.1 Å². The minimum Gasteiger partial charge on any atom is -0.462 e. The monoisotopic (exact) mass is 584 g/mol. The number of nitrogens with zero attached hydrogens (tertiary/aromatic N) is 2. The highest BCUT2D eigenvalue weighted by molar-refractivity contribution is 8.13. The lowest BCUT2D eigenvalue weighted by molar-refractivity contribution is -0.149. The number of carbonyl (C=O) groups is 3. The van der Waals surface area contributed by atoms with Gasteiger partial charge in [-0.05, 0) is 26.8 Å². The molecule has 37 heavy (non-hydrogen) atoms. The number of methoxy groups -OCH3 is 1. The Hall–Kier alpha value is -1.27. The van der Waals surface area contributed by atoms with E-state index in [0.717, 1.165) is 0 Å². The zero-order valence-electron chi connectivity index (χ0n) is 22.9. The maximum absolute atomic E-state index is 12.3. The van der Waals surface area contributed by atoms with Gasteiger partial charge in [-0.2, -0.15) is 0 Å². The third kappa shape index (κ3) is 16.3. The number of aliphatic imine (C=N–C) groups is 1. The van der Waals surface area contributed by atoms with Crippen molar-refractivity contribution in [2.45, 2.75) is 71.7 Å². The molecular weight excluding hydrogens is 543 g/mol. The number of amides is 1. The molecule has 1 amide bonds. The topological polar surface area (TPSA) is 142 Å². The molecule has 0 aromatic rings. The summed E-state index contributed by atoms with van der Waals surface area (Å²) in [6, 6.07) is -0.694. The molecule has 0 aliphatic carbocycles. The van der Waals surface area contributed by atoms with Crippen LogP contribution in [-0.4, -0.2) is 85.1 Å². The molecule has 0 spiro atoms. The van der Waals surface area contributed by atoms with Crippen molar-refractivity contribution in [3.63, 3.8) is 0 Å². The molecule has 0 fully saturated rings. The minimum atomic E-state index is -1.74. The predicted octanol–water partition coefficient (Wildman–Crippen LogP) is 3.41. The molecule has 0 bridgehead atoms. The minimum absolute atomic E-state index is 0.0523. The van der Waals surface area contributed by atoms with Gasteiger partial charge in [0.25, 0.3) is 8.53 Å². The second kappa shape index (κ2) is 18.9. The second-order valence-electron chi connectivity index (χ2n) is 9.15. The summed E-state index contributed by atoms with van der Waals surface area (Å²) >= 11 is 7.57. The number of nitrogens with two attached hydrogens (primary N) is 1. The third-order valence-electron chi connectivity index (χ3n) is 4.43. The van der Waals surface area contributed by atoms with Crippen LogP contribution in [-0.2, 0) is 32.9 Å². The Morgan fingerprint density at radius 1 is 1.24 bits per heavy atom. The van der Waals surface area contributed by atoms with Gasteiger partial charge in [-0.3, -0.25) is 19.4 Å². The van der Waals surface area contributed by atoms with Gasteiger partial charge in [0, 0.05) is 37.9 Å². The van der Waals surface area contributed by atoms with E-state index in [4.69, 9.17) is 35.9 Å². The number of hydrogen-bond donors (Lipinski definition) is 2. The lowest BCUT2D eigenvalue weighted by atomic mass is 10.00. The Bertz CT molecular complexity index is 768. The number of halogens is 1. The third-order valence-corrected chi connectivity index (χ3v) is 7.48. The molecule has 14 heteroatoms. The van der Waals surface area contributed by atoms with Crippen LogP contribution in [0, 0.1) is 5.41 Å². The van der Waals surface area contributed by atoms with Crippen molar-refractivity contribution in [1.29, 1.82) is 0 Å². The van der Waals surface area contributed by atoms with Crippen LogP contribution in [0.3, 0.4) is 0 Å². The van der Waals surface area contributed by atoms with Crippen molar-refractivity contribution >= 4 is 55.2 Å². The number of nitrogens with one attached hydrogen (secondary N) is 1. The summed E-state index contributed by atoms with van der Waals surface area (Å²) in [5.41, 5.74) is 4.42. The van der Waals surface area contributed by atoms with Gasteiger partial charge >= 0.3 is 5.97 Å². The average Bonchev–Trinajstić information content (AvgIpc) is 2.82. The molecule has 0 rings (SSSR count). The normalized spacial score (nSPS) is 15.9. The zero-order chi connectivity index (χ0) is 28.6. The number of carbonyl (C=O) groups excluding carboxylic acids is 3. The summed E-state index contributed by atoms with van der Waals surface area (Å²) in [4.78, 5) is 40.9. The van der Waals surface area contributed by atoms with Crippen LogP contribution in [0.25, 0.3) is 0 Å². The lowest BCUT2D eigenvalue weighted by Gasteiger charge is -2.26. The molecule has 0 heterocycles. The Morgan fingerprint density at radius 2 is 1.89 bits per heavy atom. The molecule has 214 valence electrons. The van der Waals surface area contributed by atoms with Gasteiger partial charge in [-0.15, -0.1) is 0 Å². The van der Waals surface area contributed by atoms with E-state index >= 15 is 0 Å². The quantitative estimate of drug-likeness (QED) is 0.0360. The smallest absolute Gasteiger partial charge is 0.323 e. The van der Waals surface area contributed by atoms with Crippen molar-refractivity contribution in [3.8, 4) is 0 Å². The highest BCUT2D eigenvalue weighted by Crippen LogP contribution is 2.36. The van der Waals surface area contributed by atoms with Crippen molar-refractivity contribution in [2.24, 2.45) is 16.1 Å². The van der Waals surface area contributed by atoms with E-state index in [1.165, 1.54) is 43.1 Å². The van der Waals surface area contributed by atoms with Crippen LogP contribution in [0.15, 0.2) is 17.3 Å². The fraction of sp³-hybridized carbons (Fsp3) is 0.739. The number of thioether (sulfide) groups is 1. The summed E-state index contributed by atoms with van der Waals surface area (Å²) < 4.78 is 22.5. The highest BCUT2D eigenvalue weighted by Gasteiger charge is 2.26. The van der Waals surface area contributed by atoms with E-state index in [1.807, 2.05) is 20.8 Å². The number of ether oxygens (including phenoxy) is 2. The number of hydrogen-bond acceptors (Lipinski definition) is 10. The molecule has 11 nitrogen and oxygen atoms in total. The first-order valence-corrected chi connectivity index (χ1v) is 14.3. The van der Waals surface area contributed by atoms with Crippen LogP contribution in [0.2, 0.25) is 0 Å². The van der Waals surface area contributed by atoms with Gasteiger partial charge in [0.2, 0.25) is 6.41 Å². The molecule has 4 atom stereocenters. The van der Waals surface area contributed by atoms with Crippen molar-refractivity contribution in [3.05, 3.63) is 12.3 Å². The maximum atomic E-state index is 12.3. The summed E-state index contributed by atoms with van der Waals surface area (Å²) in [6.07, 6.45) is 2.92. The molecule has 0 aromatic carbocycles. The molecule has 0 aliphatic rings. The van der Waals surface area contributed by atoms with Crippen LogP contribution < -0.4 is 10.8 Å². The van der Waals surface area contributed by atoms with Gasteiger partial charge in [-0.25, -0.2) is 5.09 Å².